The van der Waals surface area contributed by atoms with Crippen LogP contribution in [0.2, 0.25) is 0 Å². The second-order valence-electron chi connectivity index (χ2n) is 4.26. The number of hydrogen-bond acceptors (Lipinski definition) is 4. The largest absolute Gasteiger partial charge is 0.452 e. The lowest BCUT2D eigenvalue weighted by molar-refractivity contribution is -0.121. The Morgan fingerprint density at radius 2 is 1.95 bits per heavy atom. The number of carbonyl (C=O) groups is 2. The predicted octanol–water partition coefficient (Wildman–Crippen LogP) is 2.66. The topological polar surface area (TPSA) is 59.5 Å². The molecule has 0 aliphatic heterocycles. The fraction of sp³-hybridized carbons (Fsp3) is 0.133. The highest BCUT2D eigenvalue weighted by Crippen LogP contribution is 2.12. The van der Waals surface area contributed by atoms with Crippen LogP contribution in [0.15, 0.2) is 53.3 Å². The van der Waals surface area contributed by atoms with Gasteiger partial charge in [-0.15, -0.1) is 0 Å². The molecule has 2 aromatic rings. The molecule has 0 N–H and O–H groups in total. The number of likely N-dealkylation sites (N-methyl/N-ethyl adjacent to an activating group) is 1. The molecular weight excluding hydrogens is 336 g/mol. The van der Waals surface area contributed by atoms with Crippen LogP contribution in [0.5, 0.6) is 0 Å². The molecule has 0 spiro atoms. The SMILES string of the molecule is CN(C(=O)COC(=O)c1cncc(Br)c1)c1ccccc1. The maximum absolute atomic E-state index is 12.0. The third kappa shape index (κ3) is 4.13. The smallest absolute Gasteiger partial charge is 0.340 e. The normalized spacial score (nSPS) is 10.0. The number of esters is 1. The maximum Gasteiger partial charge on any atom is 0.340 e. The molecule has 0 aliphatic rings. The first kappa shape index (κ1) is 15.2. The van der Waals surface area contributed by atoms with E-state index in [1.54, 1.807) is 31.4 Å². The van der Waals surface area contributed by atoms with Gasteiger partial charge in [-0.2, -0.15) is 0 Å². The average Bonchev–Trinajstić information content (AvgIpc) is 2.52. The van der Waals surface area contributed by atoms with Gasteiger partial charge in [0.1, 0.15) is 0 Å². The van der Waals surface area contributed by atoms with Gasteiger partial charge in [0, 0.05) is 29.6 Å². The van der Waals surface area contributed by atoms with Crippen molar-refractivity contribution in [1.82, 2.24) is 4.98 Å². The summed E-state index contributed by atoms with van der Waals surface area (Å²) < 4.78 is 5.67. The first-order chi connectivity index (χ1) is 10.1. The lowest BCUT2D eigenvalue weighted by atomic mass is 10.3. The van der Waals surface area contributed by atoms with E-state index < -0.39 is 5.97 Å². The number of benzene rings is 1. The molecule has 0 saturated heterocycles. The van der Waals surface area contributed by atoms with Crippen LogP contribution in [0.3, 0.4) is 0 Å². The van der Waals surface area contributed by atoms with E-state index in [1.165, 1.54) is 11.1 Å². The van der Waals surface area contributed by atoms with Gasteiger partial charge in [0.05, 0.1) is 5.56 Å². The number of rotatable bonds is 4. The summed E-state index contributed by atoms with van der Waals surface area (Å²) in [5.41, 5.74) is 1.03. The first-order valence-electron chi connectivity index (χ1n) is 6.17. The third-order valence-electron chi connectivity index (χ3n) is 2.78. The van der Waals surface area contributed by atoms with E-state index >= 15 is 0 Å². The number of halogens is 1. The van der Waals surface area contributed by atoms with Gasteiger partial charge in [0.2, 0.25) is 0 Å². The van der Waals surface area contributed by atoms with Crippen molar-refractivity contribution in [3.63, 3.8) is 0 Å². The summed E-state index contributed by atoms with van der Waals surface area (Å²) in [6, 6.07) is 10.7. The van der Waals surface area contributed by atoms with E-state index in [0.29, 0.717) is 10.0 Å². The summed E-state index contributed by atoms with van der Waals surface area (Å²) in [5.74, 6) is -0.892. The molecular formula is C15H13BrN2O3. The molecule has 108 valence electrons. The van der Waals surface area contributed by atoms with Gasteiger partial charge in [-0.25, -0.2) is 4.79 Å². The van der Waals surface area contributed by atoms with Crippen molar-refractivity contribution in [2.45, 2.75) is 0 Å². The van der Waals surface area contributed by atoms with Crippen molar-refractivity contribution in [2.75, 3.05) is 18.6 Å². The Labute approximate surface area is 130 Å². The second-order valence-corrected chi connectivity index (χ2v) is 5.17. The van der Waals surface area contributed by atoms with Crippen molar-refractivity contribution in [3.8, 4) is 0 Å². The molecule has 1 aromatic carbocycles. The molecule has 0 fully saturated rings. The number of para-hydroxylation sites is 1. The molecule has 1 amide bonds. The van der Waals surface area contributed by atoms with Crippen LogP contribution in [0.4, 0.5) is 5.69 Å². The van der Waals surface area contributed by atoms with Gasteiger partial charge < -0.3 is 9.64 Å². The molecule has 0 unspecified atom stereocenters. The Bertz CT molecular complexity index is 646. The number of carbonyl (C=O) groups excluding carboxylic acids is 2. The summed E-state index contributed by atoms with van der Waals surface area (Å²) >= 11 is 3.22. The fourth-order valence-corrected chi connectivity index (χ4v) is 1.99. The van der Waals surface area contributed by atoms with E-state index in [2.05, 4.69) is 20.9 Å². The minimum Gasteiger partial charge on any atom is -0.452 e. The van der Waals surface area contributed by atoms with Crippen molar-refractivity contribution in [2.24, 2.45) is 0 Å². The van der Waals surface area contributed by atoms with E-state index in [4.69, 9.17) is 4.74 Å². The zero-order valence-electron chi connectivity index (χ0n) is 11.3. The zero-order chi connectivity index (χ0) is 15.2. The monoisotopic (exact) mass is 348 g/mol. The molecule has 1 heterocycles. The van der Waals surface area contributed by atoms with Crippen molar-refractivity contribution < 1.29 is 14.3 Å². The van der Waals surface area contributed by atoms with Crippen LogP contribution in [-0.4, -0.2) is 30.5 Å². The second kappa shape index (κ2) is 6.99. The van der Waals surface area contributed by atoms with Gasteiger partial charge in [0.25, 0.3) is 5.91 Å². The highest BCUT2D eigenvalue weighted by molar-refractivity contribution is 9.10. The molecule has 0 bridgehead atoms. The number of nitrogens with zero attached hydrogens (tertiary/aromatic N) is 2. The Kier molecular flexibility index (Phi) is 5.05. The minimum absolute atomic E-state index is 0.291. The molecule has 0 atom stereocenters. The van der Waals surface area contributed by atoms with E-state index in [-0.39, 0.29) is 12.5 Å². The summed E-state index contributed by atoms with van der Waals surface area (Å²) in [6.45, 7) is -0.323. The molecule has 5 nitrogen and oxygen atoms in total. The fourth-order valence-electron chi connectivity index (χ4n) is 1.63. The van der Waals surface area contributed by atoms with E-state index in [1.807, 2.05) is 18.2 Å². The van der Waals surface area contributed by atoms with Gasteiger partial charge in [-0.3, -0.25) is 9.78 Å². The molecule has 6 heteroatoms. The van der Waals surface area contributed by atoms with Crippen molar-refractivity contribution in [1.29, 1.82) is 0 Å². The summed E-state index contributed by atoms with van der Waals surface area (Å²) in [4.78, 5) is 29.1. The highest BCUT2D eigenvalue weighted by atomic mass is 79.9. The van der Waals surface area contributed by atoms with Gasteiger partial charge in [-0.05, 0) is 34.1 Å². The van der Waals surface area contributed by atoms with Gasteiger partial charge >= 0.3 is 5.97 Å². The molecule has 21 heavy (non-hydrogen) atoms. The number of pyridine rings is 1. The Balaban J connectivity index is 1.93. The lowest BCUT2D eigenvalue weighted by Gasteiger charge is -2.17. The average molecular weight is 349 g/mol. The summed E-state index contributed by atoms with van der Waals surface area (Å²) in [6.07, 6.45) is 2.95. The minimum atomic E-state index is -0.585. The Morgan fingerprint density at radius 1 is 1.24 bits per heavy atom. The third-order valence-corrected chi connectivity index (χ3v) is 3.22. The Hall–Kier alpha value is -2.21. The first-order valence-corrected chi connectivity index (χ1v) is 6.96. The predicted molar refractivity (Wildman–Crippen MR) is 82.1 cm³/mol. The Morgan fingerprint density at radius 3 is 2.62 bits per heavy atom. The van der Waals surface area contributed by atoms with E-state index in [9.17, 15) is 9.59 Å². The summed E-state index contributed by atoms with van der Waals surface area (Å²) in [7, 11) is 1.63. The van der Waals surface area contributed by atoms with Crippen LogP contribution in [0.25, 0.3) is 0 Å². The number of hydrogen-bond donors (Lipinski definition) is 0. The van der Waals surface area contributed by atoms with E-state index in [0.717, 1.165) is 5.69 Å². The summed E-state index contributed by atoms with van der Waals surface area (Å²) in [5, 5.41) is 0. The standard InChI is InChI=1S/C15H13BrN2O3/c1-18(13-5-3-2-4-6-13)14(19)10-21-15(20)11-7-12(16)9-17-8-11/h2-9H,10H2,1H3. The zero-order valence-corrected chi connectivity index (χ0v) is 12.9. The number of aromatic nitrogens is 1. The van der Waals surface area contributed by atoms with Crippen LogP contribution in [0.1, 0.15) is 10.4 Å². The molecule has 0 aliphatic carbocycles. The van der Waals surface area contributed by atoms with Crippen molar-refractivity contribution in [3.05, 3.63) is 58.8 Å². The number of amides is 1. The van der Waals surface area contributed by atoms with Gasteiger partial charge in [-0.1, -0.05) is 18.2 Å². The molecule has 0 saturated carbocycles. The molecule has 1 aromatic heterocycles. The maximum atomic E-state index is 12.0. The number of anilines is 1. The highest BCUT2D eigenvalue weighted by Gasteiger charge is 2.15. The number of ether oxygens (including phenoxy) is 1. The quantitative estimate of drug-likeness (QED) is 0.797. The van der Waals surface area contributed by atoms with Crippen LogP contribution in [-0.2, 0) is 9.53 Å². The van der Waals surface area contributed by atoms with Crippen LogP contribution < -0.4 is 4.90 Å². The van der Waals surface area contributed by atoms with Crippen LogP contribution >= 0.6 is 15.9 Å². The molecule has 0 radical (unpaired) electrons. The molecule has 2 rings (SSSR count). The van der Waals surface area contributed by atoms with Gasteiger partial charge in [0.15, 0.2) is 6.61 Å². The van der Waals surface area contributed by atoms with Crippen LogP contribution in [0, 0.1) is 0 Å². The lowest BCUT2D eigenvalue weighted by Crippen LogP contribution is -2.31. The van der Waals surface area contributed by atoms with Crippen molar-refractivity contribution >= 4 is 33.5 Å².